The molecular formula is C8H16N2O2. The molecule has 0 aromatic heterocycles. The summed E-state index contributed by atoms with van der Waals surface area (Å²) in [5.41, 5.74) is 2.71. The molecule has 0 rings (SSSR count). The van der Waals surface area contributed by atoms with Crippen molar-refractivity contribution in [1.29, 1.82) is 0 Å². The van der Waals surface area contributed by atoms with Crippen molar-refractivity contribution < 1.29 is 9.90 Å². The van der Waals surface area contributed by atoms with Gasteiger partial charge >= 0.3 is 5.97 Å². The lowest BCUT2D eigenvalue weighted by molar-refractivity contribution is -0.138. The van der Waals surface area contributed by atoms with Gasteiger partial charge in [-0.2, -0.15) is 5.10 Å². The Hall–Kier alpha value is -1.06. The molecule has 2 N–H and O–H groups in total. The van der Waals surface area contributed by atoms with Crippen molar-refractivity contribution in [1.82, 2.24) is 5.43 Å². The molecule has 0 saturated carbocycles. The van der Waals surface area contributed by atoms with Crippen LogP contribution in [0.5, 0.6) is 0 Å². The van der Waals surface area contributed by atoms with Gasteiger partial charge in [-0.15, -0.1) is 0 Å². The van der Waals surface area contributed by atoms with Crippen molar-refractivity contribution >= 4 is 12.7 Å². The van der Waals surface area contributed by atoms with Crippen LogP contribution in [0.25, 0.3) is 0 Å². The molecule has 0 bridgehead atoms. The number of hydrazone groups is 1. The standard InChI is InChI=1S/C8H16N2O2/c1-3-7(6-8(11)12)4-5-10-9-2/h7,10H,2-6H2,1H3,(H,11,12). The summed E-state index contributed by atoms with van der Waals surface area (Å²) in [5, 5.41) is 12.0. The smallest absolute Gasteiger partial charge is 0.303 e. The third-order valence-electron chi connectivity index (χ3n) is 1.82. The predicted octanol–water partition coefficient (Wildman–Crippen LogP) is 1.08. The molecule has 0 aliphatic rings. The van der Waals surface area contributed by atoms with Crippen LogP contribution in [0.1, 0.15) is 26.2 Å². The summed E-state index contributed by atoms with van der Waals surface area (Å²) in [5.74, 6) is -0.481. The van der Waals surface area contributed by atoms with Crippen LogP contribution < -0.4 is 5.43 Å². The van der Waals surface area contributed by atoms with E-state index in [2.05, 4.69) is 17.2 Å². The fourth-order valence-electron chi connectivity index (χ4n) is 1.05. The third-order valence-corrected chi connectivity index (χ3v) is 1.82. The minimum Gasteiger partial charge on any atom is -0.481 e. The van der Waals surface area contributed by atoms with Crippen LogP contribution >= 0.6 is 0 Å². The van der Waals surface area contributed by atoms with E-state index in [0.29, 0.717) is 6.54 Å². The van der Waals surface area contributed by atoms with E-state index in [-0.39, 0.29) is 12.3 Å². The molecule has 0 heterocycles. The van der Waals surface area contributed by atoms with Gasteiger partial charge in [0.2, 0.25) is 0 Å². The van der Waals surface area contributed by atoms with Crippen molar-refractivity contribution in [3.8, 4) is 0 Å². The van der Waals surface area contributed by atoms with Gasteiger partial charge < -0.3 is 10.5 Å². The zero-order valence-electron chi connectivity index (χ0n) is 7.42. The number of hydrogen-bond acceptors (Lipinski definition) is 3. The first-order valence-corrected chi connectivity index (χ1v) is 4.11. The number of carbonyl (C=O) groups is 1. The van der Waals surface area contributed by atoms with Gasteiger partial charge in [0.1, 0.15) is 0 Å². The first kappa shape index (κ1) is 10.9. The number of rotatable bonds is 7. The Morgan fingerprint density at radius 1 is 1.75 bits per heavy atom. The molecule has 4 heteroatoms. The Kier molecular flexibility index (Phi) is 6.05. The van der Waals surface area contributed by atoms with E-state index >= 15 is 0 Å². The molecule has 0 aromatic rings. The molecule has 1 unspecified atom stereocenters. The van der Waals surface area contributed by atoms with Gasteiger partial charge in [-0.05, 0) is 12.3 Å². The second-order valence-electron chi connectivity index (χ2n) is 2.73. The summed E-state index contributed by atoms with van der Waals surface area (Å²) in [6.07, 6.45) is 1.97. The zero-order valence-corrected chi connectivity index (χ0v) is 7.42. The van der Waals surface area contributed by atoms with Gasteiger partial charge in [0.15, 0.2) is 0 Å². The number of hydrogen-bond donors (Lipinski definition) is 2. The average Bonchev–Trinajstić information content (AvgIpc) is 2.02. The monoisotopic (exact) mass is 172 g/mol. The van der Waals surface area contributed by atoms with Crippen LogP contribution in [0.4, 0.5) is 0 Å². The van der Waals surface area contributed by atoms with E-state index in [1.807, 2.05) is 6.92 Å². The Labute approximate surface area is 72.7 Å². The Morgan fingerprint density at radius 3 is 2.83 bits per heavy atom. The first-order chi connectivity index (χ1) is 5.70. The maximum Gasteiger partial charge on any atom is 0.303 e. The van der Waals surface area contributed by atoms with Crippen LogP contribution in [0.3, 0.4) is 0 Å². The summed E-state index contributed by atoms with van der Waals surface area (Å²) in [6, 6.07) is 0. The Bertz CT molecular complexity index is 148. The van der Waals surface area contributed by atoms with Gasteiger partial charge in [0, 0.05) is 19.7 Å². The number of carboxylic acid groups (broad SMARTS) is 1. The van der Waals surface area contributed by atoms with Crippen molar-refractivity contribution in [2.24, 2.45) is 11.0 Å². The normalized spacial score (nSPS) is 12.1. The maximum atomic E-state index is 10.3. The molecule has 0 aliphatic heterocycles. The molecule has 0 saturated heterocycles. The van der Waals surface area contributed by atoms with Gasteiger partial charge in [0.05, 0.1) is 0 Å². The molecule has 4 nitrogen and oxygen atoms in total. The highest BCUT2D eigenvalue weighted by Gasteiger charge is 2.09. The third kappa shape index (κ3) is 5.70. The quantitative estimate of drug-likeness (QED) is 0.343. The summed E-state index contributed by atoms with van der Waals surface area (Å²) in [4.78, 5) is 10.3. The highest BCUT2D eigenvalue weighted by molar-refractivity contribution is 5.66. The lowest BCUT2D eigenvalue weighted by Crippen LogP contribution is -2.14. The van der Waals surface area contributed by atoms with Gasteiger partial charge in [-0.3, -0.25) is 4.79 Å². The van der Waals surface area contributed by atoms with E-state index in [9.17, 15) is 4.79 Å². The first-order valence-electron chi connectivity index (χ1n) is 4.11. The SMILES string of the molecule is C=NNCCC(CC)CC(=O)O. The highest BCUT2D eigenvalue weighted by atomic mass is 16.4. The molecule has 0 spiro atoms. The second kappa shape index (κ2) is 6.64. The van der Waals surface area contributed by atoms with Crippen LogP contribution in [0.2, 0.25) is 0 Å². The van der Waals surface area contributed by atoms with Crippen LogP contribution in [0.15, 0.2) is 5.10 Å². The lowest BCUT2D eigenvalue weighted by atomic mass is 9.99. The summed E-state index contributed by atoms with van der Waals surface area (Å²) >= 11 is 0. The van der Waals surface area contributed by atoms with E-state index in [1.165, 1.54) is 0 Å². The van der Waals surface area contributed by atoms with Crippen molar-refractivity contribution in [2.75, 3.05) is 6.54 Å². The molecule has 0 fully saturated rings. The molecular weight excluding hydrogens is 156 g/mol. The summed E-state index contributed by atoms with van der Waals surface area (Å²) < 4.78 is 0. The number of carboxylic acids is 1. The van der Waals surface area contributed by atoms with Crippen LogP contribution in [-0.2, 0) is 4.79 Å². The van der Waals surface area contributed by atoms with Gasteiger partial charge in [-0.1, -0.05) is 13.3 Å². The van der Waals surface area contributed by atoms with E-state index in [1.54, 1.807) is 0 Å². The highest BCUT2D eigenvalue weighted by Crippen LogP contribution is 2.11. The second-order valence-corrected chi connectivity index (χ2v) is 2.73. The molecule has 0 aliphatic carbocycles. The van der Waals surface area contributed by atoms with Crippen LogP contribution in [0, 0.1) is 5.92 Å². The maximum absolute atomic E-state index is 10.3. The van der Waals surface area contributed by atoms with Gasteiger partial charge in [-0.25, -0.2) is 0 Å². The number of nitrogens with one attached hydrogen (secondary N) is 1. The van der Waals surface area contributed by atoms with Crippen molar-refractivity contribution in [3.63, 3.8) is 0 Å². The molecule has 12 heavy (non-hydrogen) atoms. The summed E-state index contributed by atoms with van der Waals surface area (Å²) in [6.45, 7) is 5.97. The van der Waals surface area contributed by atoms with Crippen LogP contribution in [-0.4, -0.2) is 24.3 Å². The van der Waals surface area contributed by atoms with Crippen molar-refractivity contribution in [3.05, 3.63) is 0 Å². The van der Waals surface area contributed by atoms with E-state index < -0.39 is 5.97 Å². The molecule has 0 aromatic carbocycles. The molecule has 70 valence electrons. The fourth-order valence-corrected chi connectivity index (χ4v) is 1.05. The minimum atomic E-state index is -0.728. The van der Waals surface area contributed by atoms with E-state index in [4.69, 9.17) is 5.11 Å². The van der Waals surface area contributed by atoms with Crippen molar-refractivity contribution in [2.45, 2.75) is 26.2 Å². The average molecular weight is 172 g/mol. The largest absolute Gasteiger partial charge is 0.481 e. The Balaban J connectivity index is 3.52. The zero-order chi connectivity index (χ0) is 9.40. The van der Waals surface area contributed by atoms with Gasteiger partial charge in [0.25, 0.3) is 0 Å². The molecule has 0 amide bonds. The number of nitrogens with zero attached hydrogens (tertiary/aromatic N) is 1. The summed E-state index contributed by atoms with van der Waals surface area (Å²) in [7, 11) is 0. The lowest BCUT2D eigenvalue weighted by Gasteiger charge is -2.10. The van der Waals surface area contributed by atoms with E-state index in [0.717, 1.165) is 12.8 Å². The Morgan fingerprint density at radius 2 is 2.42 bits per heavy atom. The topological polar surface area (TPSA) is 61.7 Å². The molecule has 1 atom stereocenters. The minimum absolute atomic E-state index is 0.245. The molecule has 0 radical (unpaired) electrons. The predicted molar refractivity (Wildman–Crippen MR) is 48.2 cm³/mol. The fraction of sp³-hybridized carbons (Fsp3) is 0.750. The number of aliphatic carboxylic acids is 1.